The molecule has 2 aliphatic rings. The number of hydrogen-bond acceptors (Lipinski definition) is 4. The second-order valence-electron chi connectivity index (χ2n) is 7.40. The maximum Gasteiger partial charge on any atom is 0.0972 e. The Kier molecular flexibility index (Phi) is 5.11. The lowest BCUT2D eigenvalue weighted by Crippen LogP contribution is -2.53. The van der Waals surface area contributed by atoms with Crippen molar-refractivity contribution in [2.45, 2.75) is 63.7 Å². The van der Waals surface area contributed by atoms with Crippen LogP contribution in [0.25, 0.3) is 0 Å². The molecule has 1 aliphatic heterocycles. The van der Waals surface area contributed by atoms with Crippen LogP contribution in [-0.4, -0.2) is 56.5 Å². The molecule has 1 aliphatic carbocycles. The van der Waals surface area contributed by atoms with Crippen LogP contribution in [-0.2, 0) is 9.47 Å². The van der Waals surface area contributed by atoms with Gasteiger partial charge in [0.05, 0.1) is 12.2 Å². The van der Waals surface area contributed by atoms with E-state index in [1.54, 1.807) is 14.2 Å². The molecule has 0 amide bonds. The summed E-state index contributed by atoms with van der Waals surface area (Å²) in [4.78, 5) is 2.55. The molecule has 4 nitrogen and oxygen atoms in total. The predicted octanol–water partition coefficient (Wildman–Crippen LogP) is 2.02. The number of rotatable bonds is 4. The Morgan fingerprint density at radius 2 is 1.60 bits per heavy atom. The maximum atomic E-state index is 6.23. The second-order valence-corrected chi connectivity index (χ2v) is 7.40. The summed E-state index contributed by atoms with van der Waals surface area (Å²) in [7, 11) is 3.57. The Hall–Kier alpha value is -0.160. The minimum atomic E-state index is 0.151. The van der Waals surface area contributed by atoms with Crippen molar-refractivity contribution in [3.05, 3.63) is 0 Å². The first-order chi connectivity index (χ1) is 9.46. The summed E-state index contributed by atoms with van der Waals surface area (Å²) in [5.41, 5.74) is 6.83. The van der Waals surface area contributed by atoms with E-state index in [-0.39, 0.29) is 17.7 Å². The SMILES string of the molecule is COC1CN(C2(CN)CCCC(C)(C)CC2)CC1OC. The van der Waals surface area contributed by atoms with Gasteiger partial charge in [0, 0.05) is 39.4 Å². The van der Waals surface area contributed by atoms with Crippen molar-refractivity contribution in [3.8, 4) is 0 Å². The summed E-state index contributed by atoms with van der Waals surface area (Å²) in [5.74, 6) is 0. The minimum absolute atomic E-state index is 0.151. The molecule has 1 saturated heterocycles. The third-order valence-electron chi connectivity index (χ3n) is 5.63. The Labute approximate surface area is 124 Å². The number of nitrogens with two attached hydrogens (primary N) is 1. The van der Waals surface area contributed by atoms with Crippen LogP contribution >= 0.6 is 0 Å². The number of likely N-dealkylation sites (tertiary alicyclic amines) is 1. The second kappa shape index (κ2) is 6.30. The monoisotopic (exact) mass is 284 g/mol. The average molecular weight is 284 g/mol. The molecule has 2 fully saturated rings. The molecule has 0 spiro atoms. The van der Waals surface area contributed by atoms with Gasteiger partial charge in [0.25, 0.3) is 0 Å². The van der Waals surface area contributed by atoms with Crippen molar-refractivity contribution < 1.29 is 9.47 Å². The zero-order chi connectivity index (χ0) is 14.8. The van der Waals surface area contributed by atoms with Crippen LogP contribution in [0.1, 0.15) is 46.0 Å². The van der Waals surface area contributed by atoms with E-state index in [2.05, 4.69) is 18.7 Å². The van der Waals surface area contributed by atoms with Crippen LogP contribution in [0.2, 0.25) is 0 Å². The molecule has 1 heterocycles. The van der Waals surface area contributed by atoms with Crippen molar-refractivity contribution in [1.82, 2.24) is 4.90 Å². The van der Waals surface area contributed by atoms with Crippen LogP contribution < -0.4 is 5.73 Å². The molecule has 2 N–H and O–H groups in total. The van der Waals surface area contributed by atoms with Gasteiger partial charge in [-0.2, -0.15) is 0 Å². The van der Waals surface area contributed by atoms with Gasteiger partial charge in [0.1, 0.15) is 0 Å². The van der Waals surface area contributed by atoms with E-state index in [0.717, 1.165) is 19.6 Å². The third kappa shape index (κ3) is 3.19. The largest absolute Gasteiger partial charge is 0.377 e. The summed E-state index contributed by atoms with van der Waals surface area (Å²) < 4.78 is 11.2. The van der Waals surface area contributed by atoms with Crippen molar-refractivity contribution >= 4 is 0 Å². The molecular formula is C16H32N2O2. The number of ether oxygens (including phenoxy) is 2. The van der Waals surface area contributed by atoms with E-state index in [4.69, 9.17) is 15.2 Å². The zero-order valence-corrected chi connectivity index (χ0v) is 13.7. The van der Waals surface area contributed by atoms with Crippen LogP contribution in [0.4, 0.5) is 0 Å². The number of nitrogens with zero attached hydrogens (tertiary/aromatic N) is 1. The van der Waals surface area contributed by atoms with Crippen LogP contribution in [0.3, 0.4) is 0 Å². The standard InChI is InChI=1S/C16H32N2O2/c1-15(2)6-5-7-16(12-17,9-8-15)18-10-13(19-3)14(11-18)20-4/h13-14H,5-12,17H2,1-4H3. The quantitative estimate of drug-likeness (QED) is 0.802. The van der Waals surface area contributed by atoms with E-state index in [1.807, 2.05) is 0 Å². The van der Waals surface area contributed by atoms with Gasteiger partial charge in [-0.15, -0.1) is 0 Å². The lowest BCUT2D eigenvalue weighted by molar-refractivity contribution is -0.00461. The van der Waals surface area contributed by atoms with E-state index in [1.165, 1.54) is 32.1 Å². The smallest absolute Gasteiger partial charge is 0.0972 e. The highest BCUT2D eigenvalue weighted by Crippen LogP contribution is 2.41. The predicted molar refractivity (Wildman–Crippen MR) is 81.8 cm³/mol. The van der Waals surface area contributed by atoms with Crippen molar-refractivity contribution in [1.29, 1.82) is 0 Å². The fourth-order valence-corrected chi connectivity index (χ4v) is 3.95. The van der Waals surface area contributed by atoms with Gasteiger partial charge in [-0.25, -0.2) is 0 Å². The van der Waals surface area contributed by atoms with Crippen LogP contribution in [0, 0.1) is 5.41 Å². The molecule has 0 aromatic rings. The number of hydrogen-bond donors (Lipinski definition) is 1. The molecule has 3 unspecified atom stereocenters. The molecule has 20 heavy (non-hydrogen) atoms. The molecule has 118 valence electrons. The molecule has 1 saturated carbocycles. The third-order valence-corrected chi connectivity index (χ3v) is 5.63. The highest BCUT2D eigenvalue weighted by Gasteiger charge is 2.45. The summed E-state index contributed by atoms with van der Waals surface area (Å²) in [6, 6.07) is 0. The molecule has 4 heteroatoms. The number of methoxy groups -OCH3 is 2. The van der Waals surface area contributed by atoms with Crippen molar-refractivity contribution in [2.75, 3.05) is 33.9 Å². The Bertz CT molecular complexity index is 310. The molecule has 0 aromatic carbocycles. The Morgan fingerprint density at radius 3 is 2.10 bits per heavy atom. The first-order valence-corrected chi connectivity index (χ1v) is 7.97. The van der Waals surface area contributed by atoms with Gasteiger partial charge in [-0.3, -0.25) is 4.90 Å². The average Bonchev–Trinajstić information content (AvgIpc) is 2.79. The lowest BCUT2D eigenvalue weighted by Gasteiger charge is -2.41. The minimum Gasteiger partial charge on any atom is -0.377 e. The van der Waals surface area contributed by atoms with E-state index in [9.17, 15) is 0 Å². The molecule has 2 rings (SSSR count). The molecular weight excluding hydrogens is 252 g/mol. The first kappa shape index (κ1) is 16.2. The van der Waals surface area contributed by atoms with E-state index < -0.39 is 0 Å². The Balaban J connectivity index is 2.11. The summed E-state index contributed by atoms with van der Waals surface area (Å²) in [5, 5.41) is 0. The highest BCUT2D eigenvalue weighted by molar-refractivity contribution is 5.01. The Morgan fingerprint density at radius 1 is 1.00 bits per heavy atom. The normalized spacial score (nSPS) is 38.9. The van der Waals surface area contributed by atoms with Gasteiger partial charge in [0.2, 0.25) is 0 Å². The molecule has 0 bridgehead atoms. The van der Waals surface area contributed by atoms with Gasteiger partial charge in [0.15, 0.2) is 0 Å². The van der Waals surface area contributed by atoms with Crippen molar-refractivity contribution in [3.63, 3.8) is 0 Å². The summed E-state index contributed by atoms with van der Waals surface area (Å²) >= 11 is 0. The fourth-order valence-electron chi connectivity index (χ4n) is 3.95. The van der Waals surface area contributed by atoms with E-state index >= 15 is 0 Å². The topological polar surface area (TPSA) is 47.7 Å². The summed E-state index contributed by atoms with van der Waals surface area (Å²) in [6.45, 7) is 7.42. The van der Waals surface area contributed by atoms with Gasteiger partial charge >= 0.3 is 0 Å². The van der Waals surface area contributed by atoms with Gasteiger partial charge < -0.3 is 15.2 Å². The summed E-state index contributed by atoms with van der Waals surface area (Å²) in [6.07, 6.45) is 6.61. The van der Waals surface area contributed by atoms with Gasteiger partial charge in [-0.05, 0) is 31.1 Å². The van der Waals surface area contributed by atoms with Crippen LogP contribution in [0.5, 0.6) is 0 Å². The first-order valence-electron chi connectivity index (χ1n) is 7.97. The molecule has 0 radical (unpaired) electrons. The highest BCUT2D eigenvalue weighted by atomic mass is 16.5. The molecule has 3 atom stereocenters. The van der Waals surface area contributed by atoms with Gasteiger partial charge in [-0.1, -0.05) is 20.3 Å². The zero-order valence-electron chi connectivity index (χ0n) is 13.7. The lowest BCUT2D eigenvalue weighted by atomic mass is 9.83. The maximum absolute atomic E-state index is 6.23. The molecule has 0 aromatic heterocycles. The van der Waals surface area contributed by atoms with Crippen LogP contribution in [0.15, 0.2) is 0 Å². The van der Waals surface area contributed by atoms with E-state index in [0.29, 0.717) is 5.41 Å². The fraction of sp³-hybridized carbons (Fsp3) is 1.00. The van der Waals surface area contributed by atoms with Crippen molar-refractivity contribution in [2.24, 2.45) is 11.1 Å².